The SMILES string of the molecule is COc1ccc2cc(C3(c4ccccc4)c4ccccc4-c4ccccc43)ccc2c1. The van der Waals surface area contributed by atoms with Crippen LogP contribution in [0.5, 0.6) is 5.75 Å². The number of fused-ring (bicyclic) bond motifs is 4. The van der Waals surface area contributed by atoms with Crippen molar-refractivity contribution in [3.63, 3.8) is 0 Å². The molecule has 1 heteroatoms. The van der Waals surface area contributed by atoms with E-state index >= 15 is 0 Å². The first-order valence-corrected chi connectivity index (χ1v) is 10.7. The van der Waals surface area contributed by atoms with E-state index in [9.17, 15) is 0 Å². The molecule has 0 aliphatic heterocycles. The van der Waals surface area contributed by atoms with Crippen LogP contribution in [0.3, 0.4) is 0 Å². The molecule has 0 radical (unpaired) electrons. The van der Waals surface area contributed by atoms with Crippen LogP contribution in [0.4, 0.5) is 0 Å². The van der Waals surface area contributed by atoms with Gasteiger partial charge in [-0.15, -0.1) is 0 Å². The number of ether oxygens (including phenoxy) is 1. The van der Waals surface area contributed by atoms with Crippen LogP contribution in [0.2, 0.25) is 0 Å². The average Bonchev–Trinajstić information content (AvgIpc) is 3.15. The lowest BCUT2D eigenvalue weighted by Crippen LogP contribution is -2.28. The second kappa shape index (κ2) is 6.85. The summed E-state index contributed by atoms with van der Waals surface area (Å²) in [5.74, 6) is 0.884. The Morgan fingerprint density at radius 1 is 0.516 bits per heavy atom. The van der Waals surface area contributed by atoms with Crippen molar-refractivity contribution < 1.29 is 4.74 Å². The molecule has 0 fully saturated rings. The number of benzene rings is 5. The summed E-state index contributed by atoms with van der Waals surface area (Å²) in [4.78, 5) is 0. The zero-order valence-electron chi connectivity index (χ0n) is 17.4. The molecule has 1 aliphatic carbocycles. The van der Waals surface area contributed by atoms with Crippen LogP contribution < -0.4 is 4.74 Å². The van der Waals surface area contributed by atoms with Crippen molar-refractivity contribution >= 4 is 10.8 Å². The maximum Gasteiger partial charge on any atom is 0.119 e. The molecule has 0 atom stereocenters. The number of hydrogen-bond acceptors (Lipinski definition) is 1. The van der Waals surface area contributed by atoms with E-state index in [1.54, 1.807) is 7.11 Å². The van der Waals surface area contributed by atoms with Crippen molar-refractivity contribution in [1.29, 1.82) is 0 Å². The van der Waals surface area contributed by atoms with E-state index in [1.165, 1.54) is 44.2 Å². The minimum absolute atomic E-state index is 0.345. The third-order valence-corrected chi connectivity index (χ3v) is 6.64. The quantitative estimate of drug-likeness (QED) is 0.306. The van der Waals surface area contributed by atoms with Gasteiger partial charge in [0.25, 0.3) is 0 Å². The van der Waals surface area contributed by atoms with Gasteiger partial charge in [-0.05, 0) is 62.4 Å². The molecule has 1 nitrogen and oxygen atoms in total. The van der Waals surface area contributed by atoms with Crippen LogP contribution in [-0.2, 0) is 5.41 Å². The molecular weight excluding hydrogens is 376 g/mol. The van der Waals surface area contributed by atoms with Gasteiger partial charge in [-0.3, -0.25) is 0 Å². The normalized spacial score (nSPS) is 13.6. The highest BCUT2D eigenvalue weighted by molar-refractivity contribution is 5.89. The minimum atomic E-state index is -0.345. The van der Waals surface area contributed by atoms with Crippen molar-refractivity contribution in [2.75, 3.05) is 7.11 Å². The Morgan fingerprint density at radius 2 is 1.10 bits per heavy atom. The summed E-state index contributed by atoms with van der Waals surface area (Å²) < 4.78 is 5.43. The summed E-state index contributed by atoms with van der Waals surface area (Å²) in [5, 5.41) is 2.40. The van der Waals surface area contributed by atoms with Gasteiger partial charge in [0.15, 0.2) is 0 Å². The Hall–Kier alpha value is -3.84. The van der Waals surface area contributed by atoms with Gasteiger partial charge in [0.05, 0.1) is 12.5 Å². The number of hydrogen-bond donors (Lipinski definition) is 0. The van der Waals surface area contributed by atoms with Gasteiger partial charge in [-0.1, -0.05) is 97.1 Å². The summed E-state index contributed by atoms with van der Waals surface area (Å²) in [6, 6.07) is 41.8. The second-order valence-electron chi connectivity index (χ2n) is 8.14. The maximum absolute atomic E-state index is 5.43. The molecule has 0 unspecified atom stereocenters. The van der Waals surface area contributed by atoms with Crippen molar-refractivity contribution in [2.45, 2.75) is 5.41 Å². The predicted octanol–water partition coefficient (Wildman–Crippen LogP) is 7.21. The Kier molecular flexibility index (Phi) is 3.97. The Balaban J connectivity index is 1.73. The Bertz CT molecular complexity index is 1370. The van der Waals surface area contributed by atoms with Crippen LogP contribution in [-0.4, -0.2) is 7.11 Å². The zero-order chi connectivity index (χ0) is 20.8. The lowest BCUT2D eigenvalue weighted by Gasteiger charge is -2.34. The third kappa shape index (κ3) is 2.50. The van der Waals surface area contributed by atoms with Gasteiger partial charge >= 0.3 is 0 Å². The molecule has 0 saturated heterocycles. The molecule has 148 valence electrons. The first kappa shape index (κ1) is 18.0. The zero-order valence-corrected chi connectivity index (χ0v) is 17.4. The molecule has 5 aromatic carbocycles. The molecular formula is C30H22O. The fraction of sp³-hybridized carbons (Fsp3) is 0.0667. The van der Waals surface area contributed by atoms with Gasteiger partial charge in [0.1, 0.15) is 5.75 Å². The maximum atomic E-state index is 5.43. The van der Waals surface area contributed by atoms with Gasteiger partial charge in [0, 0.05) is 0 Å². The molecule has 0 bridgehead atoms. The molecule has 0 spiro atoms. The van der Waals surface area contributed by atoms with Crippen molar-refractivity contribution in [3.8, 4) is 16.9 Å². The monoisotopic (exact) mass is 398 g/mol. The number of methoxy groups -OCH3 is 1. The van der Waals surface area contributed by atoms with Gasteiger partial charge in [0.2, 0.25) is 0 Å². The van der Waals surface area contributed by atoms with E-state index in [4.69, 9.17) is 4.74 Å². The average molecular weight is 399 g/mol. The molecule has 0 heterocycles. The summed E-state index contributed by atoms with van der Waals surface area (Å²) in [6.45, 7) is 0. The van der Waals surface area contributed by atoms with Crippen molar-refractivity contribution in [2.24, 2.45) is 0 Å². The fourth-order valence-corrected chi connectivity index (χ4v) is 5.30. The van der Waals surface area contributed by atoms with Gasteiger partial charge in [-0.25, -0.2) is 0 Å². The molecule has 1 aliphatic rings. The predicted molar refractivity (Wildman–Crippen MR) is 128 cm³/mol. The van der Waals surface area contributed by atoms with E-state index in [-0.39, 0.29) is 5.41 Å². The van der Waals surface area contributed by atoms with E-state index < -0.39 is 0 Å². The summed E-state index contributed by atoms with van der Waals surface area (Å²) in [6.07, 6.45) is 0. The first-order valence-electron chi connectivity index (χ1n) is 10.7. The molecule has 0 N–H and O–H groups in total. The molecule has 6 rings (SSSR count). The Morgan fingerprint density at radius 3 is 1.77 bits per heavy atom. The van der Waals surface area contributed by atoms with E-state index in [2.05, 4.69) is 109 Å². The highest BCUT2D eigenvalue weighted by Crippen LogP contribution is 2.56. The molecule has 0 amide bonds. The standard InChI is InChI=1S/C30H22O/c1-31-25-18-16-21-19-24(17-15-22(21)20-25)30(23-9-3-2-4-10-23)28-13-7-5-11-26(28)27-12-6-8-14-29(27)30/h2-20H,1H3. The highest BCUT2D eigenvalue weighted by Gasteiger charge is 2.45. The second-order valence-corrected chi connectivity index (χ2v) is 8.14. The highest BCUT2D eigenvalue weighted by atomic mass is 16.5. The molecule has 0 saturated carbocycles. The molecule has 31 heavy (non-hydrogen) atoms. The lowest BCUT2D eigenvalue weighted by molar-refractivity contribution is 0.415. The first-order chi connectivity index (χ1) is 15.3. The van der Waals surface area contributed by atoms with Crippen LogP contribution >= 0.6 is 0 Å². The minimum Gasteiger partial charge on any atom is -0.497 e. The summed E-state index contributed by atoms with van der Waals surface area (Å²) >= 11 is 0. The van der Waals surface area contributed by atoms with Crippen molar-refractivity contribution in [1.82, 2.24) is 0 Å². The van der Waals surface area contributed by atoms with Crippen LogP contribution in [0.15, 0.2) is 115 Å². The molecule has 5 aromatic rings. The fourth-order valence-electron chi connectivity index (χ4n) is 5.30. The van der Waals surface area contributed by atoms with Gasteiger partial charge in [-0.2, -0.15) is 0 Å². The van der Waals surface area contributed by atoms with Gasteiger partial charge < -0.3 is 4.74 Å². The third-order valence-electron chi connectivity index (χ3n) is 6.64. The lowest BCUT2D eigenvalue weighted by atomic mass is 9.67. The van der Waals surface area contributed by atoms with Crippen LogP contribution in [0.25, 0.3) is 21.9 Å². The smallest absolute Gasteiger partial charge is 0.119 e. The summed E-state index contributed by atoms with van der Waals surface area (Å²) in [5.41, 5.74) is 7.55. The molecule has 0 aromatic heterocycles. The van der Waals surface area contributed by atoms with Crippen molar-refractivity contribution in [3.05, 3.63) is 138 Å². The topological polar surface area (TPSA) is 9.23 Å². The Labute approximate surface area is 182 Å². The summed E-state index contributed by atoms with van der Waals surface area (Å²) in [7, 11) is 1.71. The largest absolute Gasteiger partial charge is 0.497 e. The van der Waals surface area contributed by atoms with E-state index in [0.717, 1.165) is 5.75 Å². The van der Waals surface area contributed by atoms with Crippen LogP contribution in [0, 0.1) is 0 Å². The number of rotatable bonds is 3. The van der Waals surface area contributed by atoms with E-state index in [0.29, 0.717) is 0 Å². The van der Waals surface area contributed by atoms with E-state index in [1.807, 2.05) is 6.07 Å². The van der Waals surface area contributed by atoms with Crippen LogP contribution in [0.1, 0.15) is 22.3 Å².